The molecule has 6 heteroatoms. The van der Waals surface area contributed by atoms with Crippen molar-refractivity contribution in [1.82, 2.24) is 16.0 Å². The van der Waals surface area contributed by atoms with Gasteiger partial charge in [-0.1, -0.05) is 19.8 Å². The van der Waals surface area contributed by atoms with Crippen LogP contribution in [0.5, 0.6) is 0 Å². The fourth-order valence-corrected chi connectivity index (χ4v) is 4.08. The molecule has 3 N–H and O–H groups in total. The average molecular weight is 374 g/mol. The second-order valence-corrected chi connectivity index (χ2v) is 7.67. The van der Waals surface area contributed by atoms with Crippen LogP contribution in [0.1, 0.15) is 71.6 Å². The van der Waals surface area contributed by atoms with Crippen LogP contribution in [0.15, 0.2) is 0 Å². The van der Waals surface area contributed by atoms with Gasteiger partial charge in [0.25, 0.3) is 0 Å². The highest BCUT2D eigenvalue weighted by molar-refractivity contribution is 5.85. The van der Waals surface area contributed by atoms with E-state index in [1.165, 1.54) is 25.7 Å². The molecule has 25 heavy (non-hydrogen) atoms. The van der Waals surface area contributed by atoms with Crippen molar-refractivity contribution >= 4 is 24.2 Å². The predicted molar refractivity (Wildman–Crippen MR) is 104 cm³/mol. The van der Waals surface area contributed by atoms with Gasteiger partial charge in [0.1, 0.15) is 0 Å². The summed E-state index contributed by atoms with van der Waals surface area (Å²) >= 11 is 0. The molecule has 0 unspecified atom stereocenters. The Morgan fingerprint density at radius 2 is 1.68 bits per heavy atom. The molecule has 2 amide bonds. The molecule has 0 aromatic rings. The van der Waals surface area contributed by atoms with Crippen molar-refractivity contribution in [2.24, 2.45) is 11.8 Å². The number of hydrogen-bond donors (Lipinski definition) is 3. The minimum absolute atomic E-state index is 0. The highest BCUT2D eigenvalue weighted by Gasteiger charge is 2.28. The van der Waals surface area contributed by atoms with Gasteiger partial charge < -0.3 is 16.0 Å². The Hall–Kier alpha value is -0.810. The van der Waals surface area contributed by atoms with Gasteiger partial charge in [0.15, 0.2) is 0 Å². The first-order valence-corrected chi connectivity index (χ1v) is 9.89. The third-order valence-electron chi connectivity index (χ3n) is 5.55. The second kappa shape index (κ2) is 11.7. The Morgan fingerprint density at radius 1 is 1.04 bits per heavy atom. The first-order valence-electron chi connectivity index (χ1n) is 9.89. The number of rotatable bonds is 8. The van der Waals surface area contributed by atoms with Crippen molar-refractivity contribution in [3.8, 4) is 0 Å². The predicted octanol–water partition coefficient (Wildman–Crippen LogP) is 2.78. The SMILES string of the molecule is CCN[C@H](C)CNC(=O)C1CCC(NC(=O)CC2CCCC2)CC1.Cl. The summed E-state index contributed by atoms with van der Waals surface area (Å²) < 4.78 is 0. The molecule has 2 saturated carbocycles. The molecule has 0 radical (unpaired) electrons. The average Bonchev–Trinajstić information content (AvgIpc) is 3.06. The van der Waals surface area contributed by atoms with Crippen molar-refractivity contribution in [1.29, 1.82) is 0 Å². The summed E-state index contributed by atoms with van der Waals surface area (Å²) in [5, 5.41) is 9.54. The topological polar surface area (TPSA) is 70.2 Å². The lowest BCUT2D eigenvalue weighted by molar-refractivity contribution is -0.126. The molecular formula is C19H36ClN3O2. The maximum Gasteiger partial charge on any atom is 0.223 e. The summed E-state index contributed by atoms with van der Waals surface area (Å²) in [6.07, 6.45) is 9.31. The minimum Gasteiger partial charge on any atom is -0.354 e. The first kappa shape index (κ1) is 22.2. The van der Waals surface area contributed by atoms with Gasteiger partial charge in [0.05, 0.1) is 0 Å². The molecule has 0 saturated heterocycles. The fourth-order valence-electron chi connectivity index (χ4n) is 4.08. The van der Waals surface area contributed by atoms with Crippen molar-refractivity contribution in [3.63, 3.8) is 0 Å². The zero-order valence-corrected chi connectivity index (χ0v) is 16.6. The molecule has 2 aliphatic rings. The third kappa shape index (κ3) is 7.95. The van der Waals surface area contributed by atoms with E-state index in [9.17, 15) is 9.59 Å². The molecule has 2 rings (SSSR count). The van der Waals surface area contributed by atoms with Crippen LogP contribution >= 0.6 is 12.4 Å². The van der Waals surface area contributed by atoms with Crippen molar-refractivity contribution in [2.75, 3.05) is 13.1 Å². The van der Waals surface area contributed by atoms with Crippen LogP contribution in [-0.2, 0) is 9.59 Å². The minimum atomic E-state index is 0. The quantitative estimate of drug-likeness (QED) is 0.612. The Morgan fingerprint density at radius 3 is 2.28 bits per heavy atom. The molecule has 146 valence electrons. The van der Waals surface area contributed by atoms with E-state index in [1.54, 1.807) is 0 Å². The van der Waals surface area contributed by atoms with Gasteiger partial charge in [0, 0.05) is 31.0 Å². The van der Waals surface area contributed by atoms with Crippen molar-refractivity contribution < 1.29 is 9.59 Å². The lowest BCUT2D eigenvalue weighted by atomic mass is 9.85. The first-order chi connectivity index (χ1) is 11.6. The molecule has 0 aliphatic heterocycles. The highest BCUT2D eigenvalue weighted by Crippen LogP contribution is 2.28. The molecule has 2 fully saturated rings. The van der Waals surface area contributed by atoms with E-state index in [0.29, 0.717) is 24.9 Å². The van der Waals surface area contributed by atoms with Crippen molar-refractivity contribution in [3.05, 3.63) is 0 Å². The van der Waals surface area contributed by atoms with Gasteiger partial charge in [-0.3, -0.25) is 9.59 Å². The Bertz CT molecular complexity index is 405. The van der Waals surface area contributed by atoms with Crippen LogP contribution < -0.4 is 16.0 Å². The number of nitrogens with one attached hydrogen (secondary N) is 3. The monoisotopic (exact) mass is 373 g/mol. The summed E-state index contributed by atoms with van der Waals surface area (Å²) in [6, 6.07) is 0.578. The molecule has 5 nitrogen and oxygen atoms in total. The van der Waals surface area contributed by atoms with Crippen LogP contribution in [0.2, 0.25) is 0 Å². The summed E-state index contributed by atoms with van der Waals surface area (Å²) in [6.45, 7) is 5.76. The van der Waals surface area contributed by atoms with E-state index >= 15 is 0 Å². The van der Waals surface area contributed by atoms with E-state index in [1.807, 2.05) is 0 Å². The van der Waals surface area contributed by atoms with Gasteiger partial charge in [-0.05, 0) is 57.9 Å². The lowest BCUT2D eigenvalue weighted by Gasteiger charge is -2.29. The zero-order chi connectivity index (χ0) is 17.4. The van der Waals surface area contributed by atoms with Gasteiger partial charge in [-0.15, -0.1) is 12.4 Å². The van der Waals surface area contributed by atoms with Crippen LogP contribution in [-0.4, -0.2) is 37.0 Å². The molecule has 0 bridgehead atoms. The van der Waals surface area contributed by atoms with E-state index in [4.69, 9.17) is 0 Å². The third-order valence-corrected chi connectivity index (χ3v) is 5.55. The van der Waals surface area contributed by atoms with Crippen LogP contribution in [0.3, 0.4) is 0 Å². The summed E-state index contributed by atoms with van der Waals surface area (Å²) in [4.78, 5) is 24.4. The maximum atomic E-state index is 12.2. The Kier molecular flexibility index (Phi) is 10.4. The number of halogens is 1. The Labute approximate surface area is 158 Å². The van der Waals surface area contributed by atoms with Gasteiger partial charge in [-0.25, -0.2) is 0 Å². The van der Waals surface area contributed by atoms with Crippen LogP contribution in [0, 0.1) is 11.8 Å². The van der Waals surface area contributed by atoms with E-state index in [2.05, 4.69) is 29.8 Å². The standard InChI is InChI=1S/C19H35N3O2.ClH/c1-3-20-14(2)13-21-19(24)16-8-10-17(11-9-16)22-18(23)12-15-6-4-5-7-15;/h14-17,20H,3-13H2,1-2H3,(H,21,24)(H,22,23);1H/t14-,16?,17?;/m1./s1. The molecule has 0 spiro atoms. The number of carbonyl (C=O) groups excluding carboxylic acids is 2. The van der Waals surface area contributed by atoms with E-state index in [-0.39, 0.29) is 36.2 Å². The zero-order valence-electron chi connectivity index (χ0n) is 15.8. The normalized spacial score (nSPS) is 25.0. The summed E-state index contributed by atoms with van der Waals surface area (Å²) in [7, 11) is 0. The lowest BCUT2D eigenvalue weighted by Crippen LogP contribution is -2.44. The Balaban J connectivity index is 0.00000312. The number of hydrogen-bond acceptors (Lipinski definition) is 3. The van der Waals surface area contributed by atoms with E-state index < -0.39 is 0 Å². The van der Waals surface area contributed by atoms with Gasteiger partial charge in [0.2, 0.25) is 11.8 Å². The molecule has 0 aromatic carbocycles. The van der Waals surface area contributed by atoms with Crippen LogP contribution in [0.25, 0.3) is 0 Å². The molecular weight excluding hydrogens is 338 g/mol. The highest BCUT2D eigenvalue weighted by atomic mass is 35.5. The molecule has 0 heterocycles. The largest absolute Gasteiger partial charge is 0.354 e. The van der Waals surface area contributed by atoms with Crippen molar-refractivity contribution in [2.45, 2.75) is 83.7 Å². The smallest absolute Gasteiger partial charge is 0.223 e. The second-order valence-electron chi connectivity index (χ2n) is 7.67. The summed E-state index contributed by atoms with van der Waals surface area (Å²) in [5.74, 6) is 1.11. The maximum absolute atomic E-state index is 12.2. The number of likely N-dealkylation sites (N-methyl/N-ethyl adjacent to an activating group) is 1. The van der Waals surface area contributed by atoms with Crippen LogP contribution in [0.4, 0.5) is 0 Å². The summed E-state index contributed by atoms with van der Waals surface area (Å²) in [5.41, 5.74) is 0. The number of amides is 2. The molecule has 1 atom stereocenters. The van der Waals surface area contributed by atoms with E-state index in [0.717, 1.165) is 32.2 Å². The molecule has 0 aromatic heterocycles. The van der Waals surface area contributed by atoms with Gasteiger partial charge in [-0.2, -0.15) is 0 Å². The fraction of sp³-hybridized carbons (Fsp3) is 0.895. The van der Waals surface area contributed by atoms with Gasteiger partial charge >= 0.3 is 0 Å². The number of carbonyl (C=O) groups is 2. The molecule has 2 aliphatic carbocycles.